The summed E-state index contributed by atoms with van der Waals surface area (Å²) in [7, 11) is 1.64. The van der Waals surface area contributed by atoms with E-state index in [-0.39, 0.29) is 18.1 Å². The van der Waals surface area contributed by atoms with Crippen LogP contribution in [0, 0.1) is 6.92 Å². The number of aliphatic hydroxyl groups excluding tert-OH is 1. The number of nitrogens with zero attached hydrogens (tertiary/aromatic N) is 2. The van der Waals surface area contributed by atoms with Crippen molar-refractivity contribution in [2.24, 2.45) is 0 Å². The standard InChI is InChI=1S/C15H24N2O3S/c1-9-13(21-14(16-9)11(3)20-4)15(19)17-8-6-5-7-12(17)10(2)18/h10-12,18H,5-8H2,1-4H3. The summed E-state index contributed by atoms with van der Waals surface area (Å²) in [4.78, 5) is 19.7. The number of hydrogen-bond acceptors (Lipinski definition) is 5. The summed E-state index contributed by atoms with van der Waals surface area (Å²) in [6.45, 7) is 6.25. The van der Waals surface area contributed by atoms with E-state index in [4.69, 9.17) is 4.74 Å². The van der Waals surface area contributed by atoms with Gasteiger partial charge in [0.2, 0.25) is 0 Å². The van der Waals surface area contributed by atoms with Crippen LogP contribution >= 0.6 is 11.3 Å². The van der Waals surface area contributed by atoms with Gasteiger partial charge in [-0.3, -0.25) is 4.79 Å². The Morgan fingerprint density at radius 2 is 2.19 bits per heavy atom. The van der Waals surface area contributed by atoms with Crippen molar-refractivity contribution < 1.29 is 14.6 Å². The number of amides is 1. The van der Waals surface area contributed by atoms with Crippen LogP contribution in [0.3, 0.4) is 0 Å². The highest BCUT2D eigenvalue weighted by molar-refractivity contribution is 7.13. The Hall–Kier alpha value is -0.980. The topological polar surface area (TPSA) is 62.7 Å². The first-order valence-corrected chi connectivity index (χ1v) is 8.26. The molecule has 0 saturated carbocycles. The zero-order valence-electron chi connectivity index (χ0n) is 13.1. The van der Waals surface area contributed by atoms with Crippen LogP contribution in [0.1, 0.15) is 59.6 Å². The second-order valence-corrected chi connectivity index (χ2v) is 6.68. The number of hydrogen-bond donors (Lipinski definition) is 1. The Bertz CT molecular complexity index is 501. The van der Waals surface area contributed by atoms with Crippen molar-refractivity contribution in [2.75, 3.05) is 13.7 Å². The van der Waals surface area contributed by atoms with Crippen molar-refractivity contribution in [2.45, 2.75) is 58.3 Å². The molecule has 1 saturated heterocycles. The van der Waals surface area contributed by atoms with E-state index >= 15 is 0 Å². The van der Waals surface area contributed by atoms with Crippen LogP contribution in [-0.4, -0.2) is 46.7 Å². The molecule has 2 rings (SSSR count). The summed E-state index contributed by atoms with van der Waals surface area (Å²) in [5.41, 5.74) is 0.749. The molecule has 0 aliphatic carbocycles. The average molecular weight is 312 g/mol. The van der Waals surface area contributed by atoms with Gasteiger partial charge in [-0.2, -0.15) is 0 Å². The molecule has 1 aliphatic heterocycles. The minimum absolute atomic E-state index is 0.00912. The molecule has 3 atom stereocenters. The maximum Gasteiger partial charge on any atom is 0.266 e. The second kappa shape index (κ2) is 6.85. The molecule has 1 aromatic rings. The predicted octanol–water partition coefficient (Wildman–Crippen LogP) is 2.53. The lowest BCUT2D eigenvalue weighted by molar-refractivity contribution is 0.0284. The van der Waals surface area contributed by atoms with Crippen LogP contribution in [0.5, 0.6) is 0 Å². The zero-order chi connectivity index (χ0) is 15.6. The number of methoxy groups -OCH3 is 1. The predicted molar refractivity (Wildman–Crippen MR) is 82.6 cm³/mol. The lowest BCUT2D eigenvalue weighted by atomic mass is 9.98. The normalized spacial score (nSPS) is 22.1. The van der Waals surface area contributed by atoms with Gasteiger partial charge in [0.05, 0.1) is 17.8 Å². The van der Waals surface area contributed by atoms with Gasteiger partial charge in [-0.05, 0) is 40.0 Å². The van der Waals surface area contributed by atoms with E-state index in [2.05, 4.69) is 4.98 Å². The molecule has 0 radical (unpaired) electrons. The molecular weight excluding hydrogens is 288 g/mol. The second-order valence-electron chi connectivity index (χ2n) is 5.65. The van der Waals surface area contributed by atoms with Gasteiger partial charge in [0, 0.05) is 13.7 Å². The van der Waals surface area contributed by atoms with E-state index in [9.17, 15) is 9.90 Å². The van der Waals surface area contributed by atoms with Crippen LogP contribution in [0.2, 0.25) is 0 Å². The van der Waals surface area contributed by atoms with Crippen LogP contribution < -0.4 is 0 Å². The molecule has 0 spiro atoms. The van der Waals surface area contributed by atoms with E-state index in [0.29, 0.717) is 11.4 Å². The number of carbonyl (C=O) groups is 1. The molecule has 6 heteroatoms. The molecule has 0 aromatic carbocycles. The minimum Gasteiger partial charge on any atom is -0.391 e. The summed E-state index contributed by atoms with van der Waals surface area (Å²) >= 11 is 1.40. The Balaban J connectivity index is 2.24. The zero-order valence-corrected chi connectivity index (χ0v) is 13.9. The Morgan fingerprint density at radius 1 is 1.48 bits per heavy atom. The number of thiazole rings is 1. The van der Waals surface area contributed by atoms with Gasteiger partial charge < -0.3 is 14.7 Å². The van der Waals surface area contributed by atoms with Gasteiger partial charge in [-0.15, -0.1) is 11.3 Å². The maximum absolute atomic E-state index is 12.8. The first-order chi connectivity index (χ1) is 9.95. The van der Waals surface area contributed by atoms with Crippen LogP contribution in [0.15, 0.2) is 0 Å². The third-order valence-corrected chi connectivity index (χ3v) is 5.38. The summed E-state index contributed by atoms with van der Waals surface area (Å²) in [6.07, 6.45) is 2.31. The molecule has 1 aromatic heterocycles. The number of rotatable bonds is 4. The van der Waals surface area contributed by atoms with Crippen molar-refractivity contribution in [3.05, 3.63) is 15.6 Å². The van der Waals surface area contributed by atoms with Gasteiger partial charge >= 0.3 is 0 Å². The van der Waals surface area contributed by atoms with E-state index in [0.717, 1.165) is 30.0 Å². The number of aliphatic hydroxyl groups is 1. The lowest BCUT2D eigenvalue weighted by Gasteiger charge is -2.37. The highest BCUT2D eigenvalue weighted by atomic mass is 32.1. The smallest absolute Gasteiger partial charge is 0.266 e. The van der Waals surface area contributed by atoms with E-state index < -0.39 is 6.10 Å². The molecule has 21 heavy (non-hydrogen) atoms. The molecule has 3 unspecified atom stereocenters. The number of ether oxygens (including phenoxy) is 1. The van der Waals surface area contributed by atoms with Gasteiger partial charge in [-0.25, -0.2) is 4.98 Å². The molecule has 1 aliphatic rings. The highest BCUT2D eigenvalue weighted by Gasteiger charge is 2.32. The number of piperidine rings is 1. The third-order valence-electron chi connectivity index (χ3n) is 4.08. The molecular formula is C15H24N2O3S. The van der Waals surface area contributed by atoms with E-state index in [1.54, 1.807) is 14.0 Å². The summed E-state index contributed by atoms with van der Waals surface area (Å²) in [5, 5.41) is 10.7. The van der Waals surface area contributed by atoms with Crippen LogP contribution in [-0.2, 0) is 4.74 Å². The van der Waals surface area contributed by atoms with Gasteiger partial charge in [0.1, 0.15) is 16.0 Å². The van der Waals surface area contributed by atoms with Crippen molar-refractivity contribution in [1.29, 1.82) is 0 Å². The minimum atomic E-state index is -0.500. The SMILES string of the molecule is COC(C)c1nc(C)c(C(=O)N2CCCCC2C(C)O)s1. The fraction of sp³-hybridized carbons (Fsp3) is 0.733. The summed E-state index contributed by atoms with van der Waals surface area (Å²) < 4.78 is 5.27. The molecule has 2 heterocycles. The van der Waals surface area contributed by atoms with Crippen molar-refractivity contribution in [3.63, 3.8) is 0 Å². The van der Waals surface area contributed by atoms with E-state index in [1.807, 2.05) is 18.7 Å². The molecule has 1 N–H and O–H groups in total. The molecule has 0 bridgehead atoms. The Kier molecular flexibility index (Phi) is 5.35. The third kappa shape index (κ3) is 3.44. The maximum atomic E-state index is 12.8. The van der Waals surface area contributed by atoms with Crippen molar-refractivity contribution in [1.82, 2.24) is 9.88 Å². The number of aryl methyl sites for hydroxylation is 1. The number of likely N-dealkylation sites (tertiary alicyclic amines) is 1. The fourth-order valence-corrected chi connectivity index (χ4v) is 3.78. The lowest BCUT2D eigenvalue weighted by Crippen LogP contribution is -2.48. The van der Waals surface area contributed by atoms with Gasteiger partial charge in [0.25, 0.3) is 5.91 Å². The highest BCUT2D eigenvalue weighted by Crippen LogP contribution is 2.29. The van der Waals surface area contributed by atoms with Crippen molar-refractivity contribution >= 4 is 17.2 Å². The molecule has 1 amide bonds. The number of carbonyl (C=O) groups excluding carboxylic acids is 1. The summed E-state index contributed by atoms with van der Waals surface area (Å²) in [5.74, 6) is -0.00912. The fourth-order valence-electron chi connectivity index (χ4n) is 2.73. The number of aromatic nitrogens is 1. The van der Waals surface area contributed by atoms with Gasteiger partial charge in [0.15, 0.2) is 0 Å². The largest absolute Gasteiger partial charge is 0.391 e. The molecule has 1 fully saturated rings. The van der Waals surface area contributed by atoms with Gasteiger partial charge in [-0.1, -0.05) is 0 Å². The van der Waals surface area contributed by atoms with Crippen LogP contribution in [0.4, 0.5) is 0 Å². The first-order valence-electron chi connectivity index (χ1n) is 7.44. The molecule has 118 valence electrons. The summed E-state index contributed by atoms with van der Waals surface area (Å²) in [6, 6.07) is -0.0870. The Morgan fingerprint density at radius 3 is 2.81 bits per heavy atom. The van der Waals surface area contributed by atoms with E-state index in [1.165, 1.54) is 11.3 Å². The quantitative estimate of drug-likeness (QED) is 0.928. The first kappa shape index (κ1) is 16.4. The molecule has 5 nitrogen and oxygen atoms in total. The van der Waals surface area contributed by atoms with Crippen LogP contribution in [0.25, 0.3) is 0 Å². The average Bonchev–Trinajstić information content (AvgIpc) is 2.87. The Labute approximate surface area is 129 Å². The van der Waals surface area contributed by atoms with Crippen molar-refractivity contribution in [3.8, 4) is 0 Å². The monoisotopic (exact) mass is 312 g/mol.